The number of aliphatic carboxylic acids is 1. The largest absolute Gasteiger partial charge is 0.481 e. The Labute approximate surface area is 93.6 Å². The highest BCUT2D eigenvalue weighted by Gasteiger charge is 2.36. The number of carboxylic acids is 1. The minimum Gasteiger partial charge on any atom is -0.481 e. The van der Waals surface area contributed by atoms with Crippen LogP contribution in [0.15, 0.2) is 0 Å². The molecule has 2 amide bonds. The molecule has 0 aromatic carbocycles. The predicted molar refractivity (Wildman–Crippen MR) is 55.6 cm³/mol. The summed E-state index contributed by atoms with van der Waals surface area (Å²) >= 11 is 0. The number of carbonyl (C=O) groups is 3. The lowest BCUT2D eigenvalue weighted by atomic mass is 9.99. The summed E-state index contributed by atoms with van der Waals surface area (Å²) in [4.78, 5) is 34.5. The molecule has 0 aromatic rings. The third-order valence-corrected chi connectivity index (χ3v) is 2.77. The van der Waals surface area contributed by atoms with Crippen molar-refractivity contribution in [2.75, 3.05) is 19.6 Å². The van der Waals surface area contributed by atoms with Gasteiger partial charge in [-0.3, -0.25) is 14.4 Å². The zero-order chi connectivity index (χ0) is 12.3. The molecule has 1 saturated heterocycles. The molecular formula is C10H16N2O4. The van der Waals surface area contributed by atoms with Crippen LogP contribution in [0.5, 0.6) is 0 Å². The number of hydrogen-bond acceptors (Lipinski definition) is 3. The van der Waals surface area contributed by atoms with Crippen LogP contribution in [0.25, 0.3) is 0 Å². The number of carbonyl (C=O) groups excluding carboxylic acids is 2. The van der Waals surface area contributed by atoms with E-state index >= 15 is 0 Å². The summed E-state index contributed by atoms with van der Waals surface area (Å²) in [6.07, 6.45) is 0. The Morgan fingerprint density at radius 1 is 1.38 bits per heavy atom. The van der Waals surface area contributed by atoms with E-state index in [0.29, 0.717) is 6.54 Å². The van der Waals surface area contributed by atoms with Gasteiger partial charge in [-0.1, -0.05) is 6.92 Å². The van der Waals surface area contributed by atoms with Gasteiger partial charge in [-0.25, -0.2) is 0 Å². The van der Waals surface area contributed by atoms with E-state index < -0.39 is 11.9 Å². The van der Waals surface area contributed by atoms with Gasteiger partial charge in [0.25, 0.3) is 0 Å². The fraction of sp³-hybridized carbons (Fsp3) is 0.700. The standard InChI is InChI=1S/C10H16N2O4/c1-6-4-12(5-8(6)10(15)16)9(14)3-11-7(2)13/h6,8H,3-5H2,1-2H3,(H,11,13)(H,15,16). The highest BCUT2D eigenvalue weighted by Crippen LogP contribution is 2.22. The Morgan fingerprint density at radius 2 is 2.00 bits per heavy atom. The lowest BCUT2D eigenvalue weighted by Gasteiger charge is -2.15. The van der Waals surface area contributed by atoms with E-state index in [2.05, 4.69) is 5.32 Å². The molecule has 6 heteroatoms. The van der Waals surface area contributed by atoms with Crippen LogP contribution in [0.2, 0.25) is 0 Å². The third-order valence-electron chi connectivity index (χ3n) is 2.77. The summed E-state index contributed by atoms with van der Waals surface area (Å²) in [6, 6.07) is 0. The number of carboxylic acid groups (broad SMARTS) is 1. The Kier molecular flexibility index (Phi) is 3.87. The average molecular weight is 228 g/mol. The van der Waals surface area contributed by atoms with Crippen LogP contribution in [0.3, 0.4) is 0 Å². The van der Waals surface area contributed by atoms with Crippen LogP contribution in [-0.2, 0) is 14.4 Å². The Morgan fingerprint density at radius 3 is 2.44 bits per heavy atom. The zero-order valence-corrected chi connectivity index (χ0v) is 9.40. The van der Waals surface area contributed by atoms with E-state index in [0.717, 1.165) is 0 Å². The van der Waals surface area contributed by atoms with Gasteiger partial charge in [0, 0.05) is 20.0 Å². The van der Waals surface area contributed by atoms with Crippen LogP contribution in [0.4, 0.5) is 0 Å². The fourth-order valence-corrected chi connectivity index (χ4v) is 1.80. The lowest BCUT2D eigenvalue weighted by molar-refractivity contribution is -0.142. The van der Waals surface area contributed by atoms with E-state index in [9.17, 15) is 14.4 Å². The lowest BCUT2D eigenvalue weighted by Crippen LogP contribution is -2.38. The van der Waals surface area contributed by atoms with Gasteiger partial charge < -0.3 is 15.3 Å². The van der Waals surface area contributed by atoms with Crippen LogP contribution >= 0.6 is 0 Å². The summed E-state index contributed by atoms with van der Waals surface area (Å²) in [6.45, 7) is 3.75. The van der Waals surface area contributed by atoms with E-state index in [-0.39, 0.29) is 30.8 Å². The SMILES string of the molecule is CC(=O)NCC(=O)N1CC(C)C(C(=O)O)C1. The highest BCUT2D eigenvalue weighted by atomic mass is 16.4. The first-order chi connectivity index (χ1) is 7.41. The van der Waals surface area contributed by atoms with Crippen LogP contribution in [0, 0.1) is 11.8 Å². The van der Waals surface area contributed by atoms with Crippen molar-refractivity contribution in [1.29, 1.82) is 0 Å². The first-order valence-electron chi connectivity index (χ1n) is 5.17. The molecule has 2 unspecified atom stereocenters. The molecule has 1 heterocycles. The van der Waals surface area contributed by atoms with E-state index in [1.165, 1.54) is 11.8 Å². The van der Waals surface area contributed by atoms with Crippen molar-refractivity contribution >= 4 is 17.8 Å². The van der Waals surface area contributed by atoms with Crippen molar-refractivity contribution in [1.82, 2.24) is 10.2 Å². The maximum atomic E-state index is 11.6. The van der Waals surface area contributed by atoms with Crippen LogP contribution < -0.4 is 5.32 Å². The number of hydrogen-bond donors (Lipinski definition) is 2. The van der Waals surface area contributed by atoms with Crippen molar-refractivity contribution in [2.24, 2.45) is 11.8 Å². The number of nitrogens with one attached hydrogen (secondary N) is 1. The maximum absolute atomic E-state index is 11.6. The minimum atomic E-state index is -0.873. The molecule has 16 heavy (non-hydrogen) atoms. The zero-order valence-electron chi connectivity index (χ0n) is 9.40. The molecule has 1 fully saturated rings. The molecule has 1 rings (SSSR count). The molecule has 0 aliphatic carbocycles. The van der Waals surface area contributed by atoms with Gasteiger partial charge in [-0.2, -0.15) is 0 Å². The van der Waals surface area contributed by atoms with E-state index in [1.807, 2.05) is 6.92 Å². The molecule has 0 bridgehead atoms. The van der Waals surface area contributed by atoms with Crippen molar-refractivity contribution in [3.63, 3.8) is 0 Å². The molecule has 2 atom stereocenters. The normalized spacial score (nSPS) is 24.2. The molecule has 2 N–H and O–H groups in total. The monoisotopic (exact) mass is 228 g/mol. The number of amides is 2. The molecule has 0 spiro atoms. The molecular weight excluding hydrogens is 212 g/mol. The first-order valence-corrected chi connectivity index (χ1v) is 5.17. The maximum Gasteiger partial charge on any atom is 0.308 e. The molecule has 0 aromatic heterocycles. The number of rotatable bonds is 3. The Hall–Kier alpha value is -1.59. The third kappa shape index (κ3) is 2.95. The number of likely N-dealkylation sites (tertiary alicyclic amines) is 1. The van der Waals surface area contributed by atoms with Crippen LogP contribution in [0.1, 0.15) is 13.8 Å². The smallest absolute Gasteiger partial charge is 0.308 e. The predicted octanol–water partition coefficient (Wildman–Crippen LogP) is -0.698. The minimum absolute atomic E-state index is 0.0428. The topological polar surface area (TPSA) is 86.7 Å². The van der Waals surface area contributed by atoms with Gasteiger partial charge in [0.05, 0.1) is 12.5 Å². The second kappa shape index (κ2) is 4.96. The molecule has 1 aliphatic rings. The average Bonchev–Trinajstić information content (AvgIpc) is 2.56. The summed E-state index contributed by atoms with van der Waals surface area (Å²) < 4.78 is 0. The fourth-order valence-electron chi connectivity index (χ4n) is 1.80. The summed E-state index contributed by atoms with van der Waals surface area (Å²) in [7, 11) is 0. The second-order valence-electron chi connectivity index (χ2n) is 4.13. The van der Waals surface area contributed by atoms with Gasteiger partial charge in [0.2, 0.25) is 11.8 Å². The highest BCUT2D eigenvalue weighted by molar-refractivity contribution is 5.84. The number of nitrogens with zero attached hydrogens (tertiary/aromatic N) is 1. The Bertz CT molecular complexity index is 316. The van der Waals surface area contributed by atoms with Gasteiger partial charge in [-0.05, 0) is 5.92 Å². The quantitative estimate of drug-likeness (QED) is 0.669. The van der Waals surface area contributed by atoms with E-state index in [4.69, 9.17) is 5.11 Å². The van der Waals surface area contributed by atoms with Crippen molar-refractivity contribution in [3.8, 4) is 0 Å². The van der Waals surface area contributed by atoms with Gasteiger partial charge in [0.1, 0.15) is 0 Å². The van der Waals surface area contributed by atoms with Crippen molar-refractivity contribution < 1.29 is 19.5 Å². The first kappa shape index (κ1) is 12.5. The van der Waals surface area contributed by atoms with Crippen LogP contribution in [-0.4, -0.2) is 47.4 Å². The molecule has 6 nitrogen and oxygen atoms in total. The van der Waals surface area contributed by atoms with Gasteiger partial charge in [-0.15, -0.1) is 0 Å². The van der Waals surface area contributed by atoms with Crippen molar-refractivity contribution in [3.05, 3.63) is 0 Å². The van der Waals surface area contributed by atoms with Crippen molar-refractivity contribution in [2.45, 2.75) is 13.8 Å². The summed E-state index contributed by atoms with van der Waals surface area (Å²) in [5.41, 5.74) is 0. The summed E-state index contributed by atoms with van der Waals surface area (Å²) in [5, 5.41) is 11.3. The van der Waals surface area contributed by atoms with Gasteiger partial charge in [0.15, 0.2) is 0 Å². The molecule has 0 saturated carbocycles. The second-order valence-corrected chi connectivity index (χ2v) is 4.13. The Balaban J connectivity index is 2.48. The molecule has 0 radical (unpaired) electrons. The van der Waals surface area contributed by atoms with E-state index in [1.54, 1.807) is 0 Å². The summed E-state index contributed by atoms with van der Waals surface area (Å²) in [5.74, 6) is -1.91. The molecule has 90 valence electrons. The molecule has 1 aliphatic heterocycles. The van der Waals surface area contributed by atoms with Gasteiger partial charge >= 0.3 is 5.97 Å².